The van der Waals surface area contributed by atoms with Gasteiger partial charge in [0.05, 0.1) is 5.41 Å². The number of allylic oxidation sites excluding steroid dienone is 2. The standard InChI is InChI=1S/C20H22O6/c1-4-16(2)8-12-14(22)20(25)17(3)11-7-10(11)5-6-18(17,15(23)26-20)19(12,24)13(21)9-16/h4,8,10-11,24-25H,1,5-7,9H2,2-3H3/t10-,11+,16+,17-,18+,19-,20+/m1/s1. The number of hydrogen-bond acceptors (Lipinski definition) is 6. The van der Waals surface area contributed by atoms with Crippen LogP contribution in [0.3, 0.4) is 0 Å². The number of carbonyl (C=O) groups is 3. The molecule has 6 nitrogen and oxygen atoms in total. The monoisotopic (exact) mass is 358 g/mol. The minimum Gasteiger partial charge on any atom is -0.424 e. The van der Waals surface area contributed by atoms with Gasteiger partial charge in [0, 0.05) is 17.4 Å². The Morgan fingerprint density at radius 1 is 1.27 bits per heavy atom. The molecule has 26 heavy (non-hydrogen) atoms. The molecule has 2 bridgehead atoms. The number of esters is 1. The number of carbonyl (C=O) groups excluding carboxylic acids is 3. The van der Waals surface area contributed by atoms with Crippen LogP contribution in [0.2, 0.25) is 0 Å². The van der Waals surface area contributed by atoms with E-state index in [0.29, 0.717) is 6.42 Å². The van der Waals surface area contributed by atoms with Crippen molar-refractivity contribution in [2.24, 2.45) is 28.1 Å². The Morgan fingerprint density at radius 3 is 2.62 bits per heavy atom. The van der Waals surface area contributed by atoms with Gasteiger partial charge in [-0.05, 0) is 31.1 Å². The highest BCUT2D eigenvalue weighted by Gasteiger charge is 2.91. The van der Waals surface area contributed by atoms with Crippen molar-refractivity contribution in [3.63, 3.8) is 0 Å². The molecule has 1 aliphatic heterocycles. The molecule has 0 aromatic carbocycles. The van der Waals surface area contributed by atoms with Crippen molar-refractivity contribution in [1.82, 2.24) is 0 Å². The molecule has 6 heteroatoms. The molecule has 4 fully saturated rings. The van der Waals surface area contributed by atoms with Gasteiger partial charge in [0.1, 0.15) is 5.41 Å². The Balaban J connectivity index is 1.88. The Hall–Kier alpha value is -1.79. The summed E-state index contributed by atoms with van der Waals surface area (Å²) >= 11 is 0. The van der Waals surface area contributed by atoms with Crippen LogP contribution in [0.4, 0.5) is 0 Å². The van der Waals surface area contributed by atoms with Crippen LogP contribution in [-0.4, -0.2) is 39.1 Å². The van der Waals surface area contributed by atoms with E-state index in [9.17, 15) is 24.6 Å². The first kappa shape index (κ1) is 16.4. The molecule has 1 saturated heterocycles. The average molecular weight is 358 g/mol. The summed E-state index contributed by atoms with van der Waals surface area (Å²) in [4.78, 5) is 39.6. The predicted octanol–water partition coefficient (Wildman–Crippen LogP) is 1.06. The second-order valence-electron chi connectivity index (χ2n) is 9.19. The van der Waals surface area contributed by atoms with Crippen molar-refractivity contribution < 1.29 is 29.3 Å². The third kappa shape index (κ3) is 1.26. The van der Waals surface area contributed by atoms with Crippen molar-refractivity contribution in [2.45, 2.75) is 50.9 Å². The van der Waals surface area contributed by atoms with E-state index in [4.69, 9.17) is 4.74 Å². The molecule has 138 valence electrons. The summed E-state index contributed by atoms with van der Waals surface area (Å²) in [6, 6.07) is 0. The largest absolute Gasteiger partial charge is 0.424 e. The van der Waals surface area contributed by atoms with E-state index in [-0.39, 0.29) is 30.3 Å². The molecular weight excluding hydrogens is 336 g/mol. The molecule has 5 rings (SSSR count). The van der Waals surface area contributed by atoms with Crippen LogP contribution in [0.5, 0.6) is 0 Å². The minimum atomic E-state index is -2.33. The number of Topliss-reactive ketones (excluding diaryl/α,β-unsaturated/α-hetero) is 2. The van der Waals surface area contributed by atoms with Gasteiger partial charge in [0.15, 0.2) is 11.4 Å². The van der Waals surface area contributed by atoms with Crippen molar-refractivity contribution in [3.8, 4) is 0 Å². The van der Waals surface area contributed by atoms with E-state index < -0.39 is 45.2 Å². The van der Waals surface area contributed by atoms with Gasteiger partial charge in [0.2, 0.25) is 5.78 Å². The van der Waals surface area contributed by atoms with E-state index in [1.54, 1.807) is 19.9 Å². The topological polar surface area (TPSA) is 101 Å². The molecule has 0 aromatic rings. The fraction of sp³-hybridized carbons (Fsp3) is 0.650. The summed E-state index contributed by atoms with van der Waals surface area (Å²) in [5.74, 6) is -4.44. The van der Waals surface area contributed by atoms with E-state index in [2.05, 4.69) is 6.58 Å². The Morgan fingerprint density at radius 2 is 1.96 bits per heavy atom. The molecule has 0 aromatic heterocycles. The highest BCUT2D eigenvalue weighted by molar-refractivity contribution is 6.18. The fourth-order valence-electron chi connectivity index (χ4n) is 6.54. The molecule has 5 aliphatic rings. The summed E-state index contributed by atoms with van der Waals surface area (Å²) in [6.07, 6.45) is 4.64. The number of ketones is 2. The van der Waals surface area contributed by atoms with Gasteiger partial charge >= 0.3 is 5.97 Å². The summed E-state index contributed by atoms with van der Waals surface area (Å²) in [7, 11) is 0. The molecule has 4 aliphatic carbocycles. The molecule has 3 saturated carbocycles. The van der Waals surface area contributed by atoms with Gasteiger partial charge in [-0.2, -0.15) is 0 Å². The lowest BCUT2D eigenvalue weighted by Crippen LogP contribution is -2.75. The smallest absolute Gasteiger partial charge is 0.319 e. The third-order valence-electron chi connectivity index (χ3n) is 8.18. The van der Waals surface area contributed by atoms with Crippen molar-refractivity contribution >= 4 is 17.5 Å². The molecule has 7 atom stereocenters. The van der Waals surface area contributed by atoms with Crippen molar-refractivity contribution in [1.29, 1.82) is 0 Å². The van der Waals surface area contributed by atoms with Crippen molar-refractivity contribution in [3.05, 3.63) is 24.3 Å². The van der Waals surface area contributed by atoms with Crippen LogP contribution in [0, 0.1) is 28.1 Å². The van der Waals surface area contributed by atoms with Gasteiger partial charge in [-0.1, -0.05) is 26.0 Å². The lowest BCUT2D eigenvalue weighted by molar-refractivity contribution is -0.249. The quantitative estimate of drug-likeness (QED) is 0.537. The molecule has 0 radical (unpaired) electrons. The highest BCUT2D eigenvalue weighted by Crippen LogP contribution is 2.79. The van der Waals surface area contributed by atoms with Crippen LogP contribution in [0.25, 0.3) is 0 Å². The van der Waals surface area contributed by atoms with E-state index in [1.165, 1.54) is 6.08 Å². The maximum absolute atomic E-state index is 13.3. The van der Waals surface area contributed by atoms with E-state index >= 15 is 0 Å². The highest BCUT2D eigenvalue weighted by atomic mass is 16.7. The lowest BCUT2D eigenvalue weighted by Gasteiger charge is -2.59. The van der Waals surface area contributed by atoms with Crippen LogP contribution in [0.15, 0.2) is 24.3 Å². The van der Waals surface area contributed by atoms with E-state index in [0.717, 1.165) is 6.42 Å². The normalized spacial score (nSPS) is 56.8. The number of ether oxygens (including phenoxy) is 1. The third-order valence-corrected chi connectivity index (χ3v) is 8.18. The van der Waals surface area contributed by atoms with Gasteiger partial charge in [-0.25, -0.2) is 0 Å². The summed E-state index contributed by atoms with van der Waals surface area (Å²) in [5, 5.41) is 23.0. The van der Waals surface area contributed by atoms with Crippen LogP contribution in [-0.2, 0) is 19.1 Å². The maximum atomic E-state index is 13.3. The second kappa shape index (κ2) is 4.04. The lowest BCUT2D eigenvalue weighted by atomic mass is 9.40. The first-order chi connectivity index (χ1) is 12.0. The van der Waals surface area contributed by atoms with Crippen LogP contribution >= 0.6 is 0 Å². The second-order valence-corrected chi connectivity index (χ2v) is 9.19. The summed E-state index contributed by atoms with van der Waals surface area (Å²) in [5.41, 5.74) is -6.21. The first-order valence-electron chi connectivity index (χ1n) is 9.15. The van der Waals surface area contributed by atoms with Gasteiger partial charge in [-0.3, -0.25) is 14.4 Å². The first-order valence-corrected chi connectivity index (χ1v) is 9.15. The van der Waals surface area contributed by atoms with Crippen LogP contribution < -0.4 is 0 Å². The summed E-state index contributed by atoms with van der Waals surface area (Å²) < 4.78 is 5.32. The van der Waals surface area contributed by atoms with Crippen LogP contribution in [0.1, 0.15) is 39.5 Å². The Kier molecular flexibility index (Phi) is 2.55. The maximum Gasteiger partial charge on any atom is 0.319 e. The zero-order valence-corrected chi connectivity index (χ0v) is 14.9. The zero-order chi connectivity index (χ0) is 18.9. The van der Waals surface area contributed by atoms with Crippen molar-refractivity contribution in [2.75, 3.05) is 0 Å². The molecule has 0 amide bonds. The van der Waals surface area contributed by atoms with Gasteiger partial charge in [-0.15, -0.1) is 6.58 Å². The van der Waals surface area contributed by atoms with Gasteiger partial charge in [0.25, 0.3) is 5.79 Å². The fourth-order valence-corrected chi connectivity index (χ4v) is 6.54. The number of hydrogen-bond donors (Lipinski definition) is 2. The molecule has 2 N–H and O–H groups in total. The molecule has 0 unspecified atom stereocenters. The molecule has 1 heterocycles. The number of aliphatic hydroxyl groups is 2. The predicted molar refractivity (Wildman–Crippen MR) is 88.4 cm³/mol. The average Bonchev–Trinajstić information content (AvgIpc) is 3.34. The molecular formula is C20H22O6. The number of rotatable bonds is 1. The SMILES string of the molecule is C=C[C@@]1(C)C=C2C(=O)[C@]3(O)OC(=O)[C@]4(CC[C@@H]5C[C@@H]5[C@]43C)[C@]2(O)C(=O)C1. The Bertz CT molecular complexity index is 858. The van der Waals surface area contributed by atoms with E-state index in [1.807, 2.05) is 0 Å². The number of fused-ring (bicyclic) bond motifs is 2. The molecule has 0 spiro atoms. The van der Waals surface area contributed by atoms with Gasteiger partial charge < -0.3 is 14.9 Å². The summed E-state index contributed by atoms with van der Waals surface area (Å²) in [6.45, 7) is 7.10. The minimum absolute atomic E-state index is 0.0542. The Labute approximate surface area is 150 Å². The zero-order valence-electron chi connectivity index (χ0n) is 14.9.